The number of primary sulfonamides is 1. The second kappa shape index (κ2) is 8.00. The Morgan fingerprint density at radius 2 is 1.48 bits per heavy atom. The molecule has 29 heavy (non-hydrogen) atoms. The summed E-state index contributed by atoms with van der Waals surface area (Å²) in [5.74, 6) is 0. The molecule has 0 spiro atoms. The number of halogens is 3. The van der Waals surface area contributed by atoms with Gasteiger partial charge in [-0.1, -0.05) is 12.1 Å². The Bertz CT molecular complexity index is 1020. The van der Waals surface area contributed by atoms with Crippen LogP contribution in [0.15, 0.2) is 41.3 Å². The molecule has 10 nitrogen and oxygen atoms in total. The van der Waals surface area contributed by atoms with Gasteiger partial charge < -0.3 is 5.32 Å². The number of sulfonamides is 1. The summed E-state index contributed by atoms with van der Waals surface area (Å²) < 4.78 is 61.0. The van der Waals surface area contributed by atoms with Gasteiger partial charge in [0.15, 0.2) is 5.69 Å². The topological polar surface area (TPSA) is 158 Å². The van der Waals surface area contributed by atoms with Crippen LogP contribution in [0.25, 0.3) is 0 Å². The van der Waals surface area contributed by atoms with Crippen molar-refractivity contribution < 1.29 is 31.4 Å². The first-order valence-electron chi connectivity index (χ1n) is 7.70. The molecule has 2 aromatic carbocycles. The van der Waals surface area contributed by atoms with E-state index in [2.05, 4.69) is 5.32 Å². The van der Waals surface area contributed by atoms with Gasteiger partial charge in [-0.05, 0) is 24.1 Å². The van der Waals surface area contributed by atoms with Crippen molar-refractivity contribution in [1.29, 1.82) is 0 Å². The Hall–Kier alpha value is -3.26. The number of anilines is 1. The molecule has 2 aromatic rings. The molecule has 156 valence electrons. The van der Waals surface area contributed by atoms with Crippen molar-refractivity contribution in [2.45, 2.75) is 17.5 Å². The minimum atomic E-state index is -5.00. The first kappa shape index (κ1) is 22.0. The molecule has 3 N–H and O–H groups in total. The minimum Gasteiger partial charge on any atom is -0.374 e. The maximum Gasteiger partial charge on any atom is 0.416 e. The van der Waals surface area contributed by atoms with Crippen molar-refractivity contribution in [1.82, 2.24) is 0 Å². The number of hydrogen-bond acceptors (Lipinski definition) is 7. The van der Waals surface area contributed by atoms with Crippen molar-refractivity contribution in [2.75, 3.05) is 11.9 Å². The van der Waals surface area contributed by atoms with E-state index >= 15 is 0 Å². The van der Waals surface area contributed by atoms with Crippen molar-refractivity contribution in [3.63, 3.8) is 0 Å². The standard InChI is InChI=1S/C15H13F3N4O6S/c16-15(17,18)10-7-12(21(23)24)14(13(8-10)22(25)26)20-6-5-9-1-3-11(4-2-9)29(19,27)28/h1-4,7-8,20H,5-6H2,(H2,19,27,28). The average molecular weight is 434 g/mol. The normalized spacial score (nSPS) is 11.9. The number of nitrogens with zero attached hydrogens (tertiary/aromatic N) is 2. The predicted octanol–water partition coefficient (Wildman–Crippen LogP) is 2.82. The molecule has 0 aliphatic carbocycles. The third-order valence-electron chi connectivity index (χ3n) is 3.78. The van der Waals surface area contributed by atoms with Gasteiger partial charge in [0.2, 0.25) is 10.0 Å². The molecule has 0 unspecified atom stereocenters. The summed E-state index contributed by atoms with van der Waals surface area (Å²) in [4.78, 5) is 19.9. The number of nitrogens with one attached hydrogen (secondary N) is 1. The third kappa shape index (κ3) is 5.39. The lowest BCUT2D eigenvalue weighted by molar-refractivity contribution is -0.392. The molecule has 0 radical (unpaired) electrons. The van der Waals surface area contributed by atoms with Crippen LogP contribution in [0.4, 0.5) is 30.2 Å². The molecule has 14 heteroatoms. The number of hydrogen-bond donors (Lipinski definition) is 2. The molecular formula is C15H13F3N4O6S. The van der Waals surface area contributed by atoms with E-state index in [9.17, 15) is 41.8 Å². The van der Waals surface area contributed by atoms with Crippen LogP contribution in [0.5, 0.6) is 0 Å². The molecule has 0 amide bonds. The highest BCUT2D eigenvalue weighted by molar-refractivity contribution is 7.89. The van der Waals surface area contributed by atoms with Gasteiger partial charge in [0.25, 0.3) is 11.4 Å². The molecule has 0 heterocycles. The van der Waals surface area contributed by atoms with Crippen LogP contribution in [0.3, 0.4) is 0 Å². The van der Waals surface area contributed by atoms with Crippen molar-refractivity contribution in [3.05, 3.63) is 67.8 Å². The lowest BCUT2D eigenvalue weighted by Gasteiger charge is -2.11. The highest BCUT2D eigenvalue weighted by Gasteiger charge is 2.37. The van der Waals surface area contributed by atoms with Gasteiger partial charge in [-0.3, -0.25) is 20.2 Å². The van der Waals surface area contributed by atoms with E-state index in [0.29, 0.717) is 5.56 Å². The minimum absolute atomic E-state index is 0.109. The van der Waals surface area contributed by atoms with Crippen molar-refractivity contribution >= 4 is 27.1 Å². The SMILES string of the molecule is NS(=O)(=O)c1ccc(CCNc2c([N+](=O)[O-])cc(C(F)(F)F)cc2[N+](=O)[O-])cc1. The zero-order valence-electron chi connectivity index (χ0n) is 14.3. The summed E-state index contributed by atoms with van der Waals surface area (Å²) in [6.45, 7) is -0.109. The van der Waals surface area contributed by atoms with Gasteiger partial charge in [0, 0.05) is 18.7 Å². The Labute approximate surface area is 161 Å². The van der Waals surface area contributed by atoms with Crippen LogP contribution in [-0.2, 0) is 22.6 Å². The summed E-state index contributed by atoms with van der Waals surface area (Å²) in [7, 11) is -3.89. The zero-order valence-corrected chi connectivity index (χ0v) is 15.2. The van der Waals surface area contributed by atoms with Gasteiger partial charge in [-0.15, -0.1) is 0 Å². The summed E-state index contributed by atoms with van der Waals surface area (Å²) in [5.41, 5.74) is -3.79. The average Bonchev–Trinajstić information content (AvgIpc) is 2.60. The van der Waals surface area contributed by atoms with E-state index in [1.807, 2.05) is 0 Å². The van der Waals surface area contributed by atoms with Crippen LogP contribution in [0, 0.1) is 20.2 Å². The number of rotatable bonds is 7. The van der Waals surface area contributed by atoms with E-state index in [4.69, 9.17) is 5.14 Å². The second-order valence-corrected chi connectivity index (χ2v) is 7.33. The fourth-order valence-electron chi connectivity index (χ4n) is 2.42. The quantitative estimate of drug-likeness (QED) is 0.501. The van der Waals surface area contributed by atoms with E-state index in [-0.39, 0.29) is 30.0 Å². The fraction of sp³-hybridized carbons (Fsp3) is 0.200. The summed E-state index contributed by atoms with van der Waals surface area (Å²) in [6, 6.07) is 5.72. The van der Waals surface area contributed by atoms with Gasteiger partial charge in [-0.25, -0.2) is 13.6 Å². The maximum absolute atomic E-state index is 12.9. The largest absolute Gasteiger partial charge is 0.416 e. The molecule has 0 aliphatic rings. The molecule has 2 rings (SSSR count). The Morgan fingerprint density at radius 1 is 1.00 bits per heavy atom. The Kier molecular flexibility index (Phi) is 6.08. The molecular weight excluding hydrogens is 421 g/mol. The molecule has 0 aromatic heterocycles. The van der Waals surface area contributed by atoms with E-state index in [1.54, 1.807) is 0 Å². The van der Waals surface area contributed by atoms with E-state index < -0.39 is 48.7 Å². The van der Waals surface area contributed by atoms with Gasteiger partial charge in [0.1, 0.15) is 0 Å². The number of nitro groups is 2. The summed E-state index contributed by atoms with van der Waals surface area (Å²) in [5, 5.41) is 29.7. The summed E-state index contributed by atoms with van der Waals surface area (Å²) >= 11 is 0. The van der Waals surface area contributed by atoms with Gasteiger partial charge >= 0.3 is 6.18 Å². The lowest BCUT2D eigenvalue weighted by Crippen LogP contribution is -2.13. The molecule has 0 bridgehead atoms. The zero-order chi connectivity index (χ0) is 22.0. The molecule has 0 saturated carbocycles. The second-order valence-electron chi connectivity index (χ2n) is 5.77. The summed E-state index contributed by atoms with van der Waals surface area (Å²) in [6.07, 6.45) is -4.86. The first-order chi connectivity index (χ1) is 13.3. The Morgan fingerprint density at radius 3 is 1.86 bits per heavy atom. The highest BCUT2D eigenvalue weighted by Crippen LogP contribution is 2.41. The molecule has 0 atom stereocenters. The van der Waals surface area contributed by atoms with Gasteiger partial charge in [-0.2, -0.15) is 13.2 Å². The third-order valence-corrected chi connectivity index (χ3v) is 4.71. The van der Waals surface area contributed by atoms with Gasteiger partial charge in [0.05, 0.1) is 20.3 Å². The fourth-order valence-corrected chi connectivity index (χ4v) is 2.94. The monoisotopic (exact) mass is 434 g/mol. The number of alkyl halides is 3. The Balaban J connectivity index is 2.29. The van der Waals surface area contributed by atoms with Crippen LogP contribution >= 0.6 is 0 Å². The maximum atomic E-state index is 12.9. The lowest BCUT2D eigenvalue weighted by atomic mass is 10.1. The number of nitrogens with two attached hydrogens (primary N) is 1. The van der Waals surface area contributed by atoms with Crippen molar-refractivity contribution in [3.8, 4) is 0 Å². The molecule has 0 fully saturated rings. The van der Waals surface area contributed by atoms with Crippen LogP contribution in [0.2, 0.25) is 0 Å². The van der Waals surface area contributed by atoms with Crippen LogP contribution < -0.4 is 10.5 Å². The highest BCUT2D eigenvalue weighted by atomic mass is 32.2. The van der Waals surface area contributed by atoms with Crippen LogP contribution in [-0.4, -0.2) is 24.8 Å². The van der Waals surface area contributed by atoms with E-state index in [0.717, 1.165) is 0 Å². The van der Waals surface area contributed by atoms with Crippen LogP contribution in [0.1, 0.15) is 11.1 Å². The molecule has 0 saturated heterocycles. The first-order valence-corrected chi connectivity index (χ1v) is 9.25. The van der Waals surface area contributed by atoms with Crippen molar-refractivity contribution in [2.24, 2.45) is 5.14 Å². The number of benzene rings is 2. The number of nitro benzene ring substituents is 2. The predicted molar refractivity (Wildman–Crippen MR) is 94.8 cm³/mol. The smallest absolute Gasteiger partial charge is 0.374 e. The molecule has 0 aliphatic heterocycles. The van der Waals surface area contributed by atoms with E-state index in [1.165, 1.54) is 24.3 Å².